The first-order valence-corrected chi connectivity index (χ1v) is 6.35. The molecule has 0 spiro atoms. The summed E-state index contributed by atoms with van der Waals surface area (Å²) in [5.41, 5.74) is -0.715. The van der Waals surface area contributed by atoms with Crippen molar-refractivity contribution in [1.29, 1.82) is 0 Å². The smallest absolute Gasteiger partial charge is 0.381 e. The summed E-state index contributed by atoms with van der Waals surface area (Å²) in [6, 6.07) is 4.03. The van der Waals surface area contributed by atoms with Gasteiger partial charge in [-0.2, -0.15) is 8.78 Å². The summed E-state index contributed by atoms with van der Waals surface area (Å²) < 4.78 is 53.2. The Balaban J connectivity index is 3.30. The summed E-state index contributed by atoms with van der Waals surface area (Å²) in [7, 11) is -2.77. The molecule has 0 fully saturated rings. The summed E-state index contributed by atoms with van der Waals surface area (Å²) >= 11 is 0. The number of hydrogen-bond acceptors (Lipinski definition) is 4. The standard InChI is InChI=1S/C10H10F2O4S/c1-16-9(13)10(11,12)7-4-3-5-8(6-7)17(2,14)15/h3-6H,1-2H3. The van der Waals surface area contributed by atoms with Crippen molar-refractivity contribution < 1.29 is 26.7 Å². The van der Waals surface area contributed by atoms with Crippen molar-refractivity contribution in [3.8, 4) is 0 Å². The van der Waals surface area contributed by atoms with Crippen molar-refractivity contribution in [2.45, 2.75) is 10.8 Å². The van der Waals surface area contributed by atoms with E-state index in [1.165, 1.54) is 6.07 Å². The second-order valence-electron chi connectivity index (χ2n) is 3.37. The van der Waals surface area contributed by atoms with Gasteiger partial charge in [0, 0.05) is 11.8 Å². The molecule has 7 heteroatoms. The van der Waals surface area contributed by atoms with Gasteiger partial charge in [-0.25, -0.2) is 13.2 Å². The number of halogens is 2. The number of carbonyl (C=O) groups is 1. The molecule has 0 amide bonds. The second-order valence-corrected chi connectivity index (χ2v) is 5.38. The molecule has 0 saturated carbocycles. The van der Waals surface area contributed by atoms with E-state index < -0.39 is 27.3 Å². The van der Waals surface area contributed by atoms with E-state index in [-0.39, 0.29) is 4.90 Å². The minimum absolute atomic E-state index is 0.279. The summed E-state index contributed by atoms with van der Waals surface area (Å²) in [5.74, 6) is -5.60. The van der Waals surface area contributed by atoms with Crippen LogP contribution in [0.15, 0.2) is 29.2 Å². The predicted molar refractivity (Wildman–Crippen MR) is 55.5 cm³/mol. The first kappa shape index (κ1) is 13.6. The minimum Gasteiger partial charge on any atom is -0.464 e. The summed E-state index contributed by atoms with van der Waals surface area (Å²) in [6.45, 7) is 0. The van der Waals surface area contributed by atoms with Gasteiger partial charge in [0.15, 0.2) is 9.84 Å². The number of ether oxygens (including phenoxy) is 1. The van der Waals surface area contributed by atoms with Crippen LogP contribution in [0.4, 0.5) is 8.78 Å². The van der Waals surface area contributed by atoms with E-state index in [9.17, 15) is 22.0 Å². The lowest BCUT2D eigenvalue weighted by Gasteiger charge is -2.14. The first-order chi connectivity index (χ1) is 7.69. The Kier molecular flexibility index (Phi) is 3.51. The molecule has 1 aromatic carbocycles. The van der Waals surface area contributed by atoms with Gasteiger partial charge in [0.2, 0.25) is 0 Å². The van der Waals surface area contributed by atoms with Crippen molar-refractivity contribution in [3.63, 3.8) is 0 Å². The zero-order valence-electron chi connectivity index (χ0n) is 9.11. The second kappa shape index (κ2) is 4.40. The fourth-order valence-electron chi connectivity index (χ4n) is 1.17. The van der Waals surface area contributed by atoms with E-state index in [1.54, 1.807) is 0 Å². The van der Waals surface area contributed by atoms with E-state index in [1.807, 2.05) is 0 Å². The minimum atomic E-state index is -3.87. The van der Waals surface area contributed by atoms with Gasteiger partial charge in [0.05, 0.1) is 12.0 Å². The number of hydrogen-bond donors (Lipinski definition) is 0. The molecule has 4 nitrogen and oxygen atoms in total. The maximum absolute atomic E-state index is 13.4. The van der Waals surface area contributed by atoms with Gasteiger partial charge in [-0.3, -0.25) is 0 Å². The van der Waals surface area contributed by atoms with Crippen molar-refractivity contribution in [3.05, 3.63) is 29.8 Å². The number of sulfone groups is 1. The lowest BCUT2D eigenvalue weighted by atomic mass is 10.1. The molecule has 0 radical (unpaired) electrons. The molecular formula is C10H10F2O4S. The molecule has 0 aromatic heterocycles. The maximum Gasteiger partial charge on any atom is 0.381 e. The number of rotatable bonds is 3. The Morgan fingerprint density at radius 1 is 1.35 bits per heavy atom. The molecule has 94 valence electrons. The van der Waals surface area contributed by atoms with Crippen LogP contribution < -0.4 is 0 Å². The molecule has 0 aliphatic carbocycles. The molecule has 17 heavy (non-hydrogen) atoms. The van der Waals surface area contributed by atoms with Crippen LogP contribution in [-0.2, 0) is 25.3 Å². The van der Waals surface area contributed by atoms with E-state index in [0.29, 0.717) is 0 Å². The Morgan fingerprint density at radius 2 is 1.94 bits per heavy atom. The van der Waals surface area contributed by atoms with Crippen LogP contribution in [-0.4, -0.2) is 27.8 Å². The third-order valence-electron chi connectivity index (χ3n) is 2.07. The quantitative estimate of drug-likeness (QED) is 0.773. The number of carbonyl (C=O) groups excluding carboxylic acids is 1. The zero-order chi connectivity index (χ0) is 13.3. The maximum atomic E-state index is 13.4. The van der Waals surface area contributed by atoms with Crippen LogP contribution in [0.1, 0.15) is 5.56 Å². The molecule has 1 aromatic rings. The van der Waals surface area contributed by atoms with E-state index in [4.69, 9.17) is 0 Å². The summed E-state index contributed by atoms with van der Waals surface area (Å²) in [4.78, 5) is 10.6. The third kappa shape index (κ3) is 2.79. The van der Waals surface area contributed by atoms with Gasteiger partial charge < -0.3 is 4.74 Å². The molecular weight excluding hydrogens is 254 g/mol. The fourth-order valence-corrected chi connectivity index (χ4v) is 1.83. The molecule has 1 rings (SSSR count). The van der Waals surface area contributed by atoms with Crippen molar-refractivity contribution in [1.82, 2.24) is 0 Å². The Morgan fingerprint density at radius 3 is 2.41 bits per heavy atom. The Bertz CT molecular complexity index is 537. The molecule has 0 bridgehead atoms. The molecule has 0 unspecified atom stereocenters. The van der Waals surface area contributed by atoms with Crippen molar-refractivity contribution >= 4 is 15.8 Å². The highest BCUT2D eigenvalue weighted by atomic mass is 32.2. The third-order valence-corrected chi connectivity index (χ3v) is 3.18. The molecule has 0 saturated heterocycles. The highest BCUT2D eigenvalue weighted by Crippen LogP contribution is 2.30. The monoisotopic (exact) mass is 264 g/mol. The van der Waals surface area contributed by atoms with Gasteiger partial charge in [0.25, 0.3) is 0 Å². The molecule has 0 aliphatic heterocycles. The van der Waals surface area contributed by atoms with Gasteiger partial charge in [0.1, 0.15) is 0 Å². The van der Waals surface area contributed by atoms with Gasteiger partial charge >= 0.3 is 11.9 Å². The number of alkyl halides is 2. The lowest BCUT2D eigenvalue weighted by Crippen LogP contribution is -2.27. The molecule has 0 atom stereocenters. The topological polar surface area (TPSA) is 60.4 Å². The van der Waals surface area contributed by atoms with Gasteiger partial charge in [-0.15, -0.1) is 0 Å². The summed E-state index contributed by atoms with van der Waals surface area (Å²) in [5, 5.41) is 0. The average Bonchev–Trinajstić information content (AvgIpc) is 2.27. The van der Waals surface area contributed by atoms with Crippen LogP contribution in [0.25, 0.3) is 0 Å². The largest absolute Gasteiger partial charge is 0.464 e. The normalized spacial score (nSPS) is 12.2. The highest BCUT2D eigenvalue weighted by molar-refractivity contribution is 7.90. The lowest BCUT2D eigenvalue weighted by molar-refractivity contribution is -0.170. The van der Waals surface area contributed by atoms with Crippen molar-refractivity contribution in [2.24, 2.45) is 0 Å². The van der Waals surface area contributed by atoms with Crippen LogP contribution >= 0.6 is 0 Å². The SMILES string of the molecule is COC(=O)C(F)(F)c1cccc(S(C)(=O)=O)c1. The first-order valence-electron chi connectivity index (χ1n) is 4.46. The molecule has 0 heterocycles. The summed E-state index contributed by atoms with van der Waals surface area (Å²) in [6.07, 6.45) is 0.891. The van der Waals surface area contributed by atoms with Gasteiger partial charge in [-0.1, -0.05) is 12.1 Å². The fraction of sp³-hybridized carbons (Fsp3) is 0.300. The van der Waals surface area contributed by atoms with E-state index >= 15 is 0 Å². The van der Waals surface area contributed by atoms with Crippen LogP contribution in [0, 0.1) is 0 Å². The van der Waals surface area contributed by atoms with Crippen molar-refractivity contribution in [2.75, 3.05) is 13.4 Å². The molecule has 0 N–H and O–H groups in total. The Labute approximate surface area is 97.1 Å². The van der Waals surface area contributed by atoms with E-state index in [0.717, 1.165) is 31.6 Å². The van der Waals surface area contributed by atoms with Crippen LogP contribution in [0.3, 0.4) is 0 Å². The number of esters is 1. The average molecular weight is 264 g/mol. The Hall–Kier alpha value is -1.50. The predicted octanol–water partition coefficient (Wildman–Crippen LogP) is 1.35. The molecule has 0 aliphatic rings. The van der Waals surface area contributed by atoms with Crippen LogP contribution in [0.5, 0.6) is 0 Å². The van der Waals surface area contributed by atoms with Gasteiger partial charge in [-0.05, 0) is 12.1 Å². The zero-order valence-corrected chi connectivity index (χ0v) is 9.92. The number of benzene rings is 1. The van der Waals surface area contributed by atoms with Crippen LogP contribution in [0.2, 0.25) is 0 Å². The number of methoxy groups -OCH3 is 1. The highest BCUT2D eigenvalue weighted by Gasteiger charge is 2.42. The van der Waals surface area contributed by atoms with E-state index in [2.05, 4.69) is 4.74 Å².